The number of benzene rings is 2. The molecular formula is C15H17N3O2. The highest BCUT2D eigenvalue weighted by Crippen LogP contribution is 2.17. The van der Waals surface area contributed by atoms with Gasteiger partial charge in [0.15, 0.2) is 0 Å². The molecule has 0 bridgehead atoms. The van der Waals surface area contributed by atoms with Gasteiger partial charge in [-0.25, -0.2) is 0 Å². The molecule has 0 aliphatic carbocycles. The number of nitro groups is 1. The van der Waals surface area contributed by atoms with E-state index in [0.29, 0.717) is 6.54 Å². The van der Waals surface area contributed by atoms with E-state index >= 15 is 0 Å². The first kappa shape index (κ1) is 14.0. The normalized spacial score (nSPS) is 11.8. The molecule has 3 N–H and O–H groups in total. The molecular weight excluding hydrogens is 254 g/mol. The van der Waals surface area contributed by atoms with E-state index in [1.54, 1.807) is 12.1 Å². The van der Waals surface area contributed by atoms with E-state index in [0.717, 1.165) is 17.7 Å². The van der Waals surface area contributed by atoms with Crippen LogP contribution in [0.1, 0.15) is 18.0 Å². The Morgan fingerprint density at radius 2 is 1.75 bits per heavy atom. The molecule has 0 aromatic heterocycles. The highest BCUT2D eigenvalue weighted by Gasteiger charge is 2.06. The molecule has 20 heavy (non-hydrogen) atoms. The Bertz CT molecular complexity index is 555. The van der Waals surface area contributed by atoms with Crippen molar-refractivity contribution >= 4 is 11.4 Å². The number of anilines is 1. The molecule has 0 aliphatic rings. The van der Waals surface area contributed by atoms with Crippen molar-refractivity contribution in [2.24, 2.45) is 5.73 Å². The van der Waals surface area contributed by atoms with Crippen molar-refractivity contribution in [1.29, 1.82) is 0 Å². The molecule has 2 aromatic rings. The Morgan fingerprint density at radius 1 is 1.10 bits per heavy atom. The summed E-state index contributed by atoms with van der Waals surface area (Å²) in [6.07, 6.45) is 0.793. The second-order valence-electron chi connectivity index (χ2n) is 4.54. The molecule has 0 fully saturated rings. The first-order valence-electron chi connectivity index (χ1n) is 6.45. The van der Waals surface area contributed by atoms with E-state index in [1.165, 1.54) is 12.1 Å². The van der Waals surface area contributed by atoms with Crippen LogP contribution in [0.4, 0.5) is 11.4 Å². The third-order valence-corrected chi connectivity index (χ3v) is 3.09. The molecule has 0 saturated heterocycles. The van der Waals surface area contributed by atoms with Gasteiger partial charge in [0.1, 0.15) is 0 Å². The van der Waals surface area contributed by atoms with Crippen molar-refractivity contribution in [1.82, 2.24) is 0 Å². The van der Waals surface area contributed by atoms with E-state index in [-0.39, 0.29) is 11.7 Å². The molecule has 5 nitrogen and oxygen atoms in total. The van der Waals surface area contributed by atoms with Gasteiger partial charge in [0.25, 0.3) is 5.69 Å². The molecule has 2 aromatic carbocycles. The average Bonchev–Trinajstić information content (AvgIpc) is 2.48. The minimum absolute atomic E-state index is 0.0123. The number of non-ortho nitro benzene ring substituents is 1. The minimum Gasteiger partial charge on any atom is -0.385 e. The van der Waals surface area contributed by atoms with Crippen LogP contribution < -0.4 is 11.1 Å². The van der Waals surface area contributed by atoms with E-state index in [9.17, 15) is 10.1 Å². The van der Waals surface area contributed by atoms with Gasteiger partial charge >= 0.3 is 0 Å². The molecule has 0 aliphatic heterocycles. The van der Waals surface area contributed by atoms with Crippen LogP contribution in [0.5, 0.6) is 0 Å². The number of hydrogen-bond donors (Lipinski definition) is 2. The van der Waals surface area contributed by atoms with E-state index < -0.39 is 4.92 Å². The zero-order chi connectivity index (χ0) is 14.4. The van der Waals surface area contributed by atoms with Crippen molar-refractivity contribution in [2.45, 2.75) is 12.5 Å². The largest absolute Gasteiger partial charge is 0.385 e. The fourth-order valence-corrected chi connectivity index (χ4v) is 1.94. The summed E-state index contributed by atoms with van der Waals surface area (Å²) in [4.78, 5) is 10.1. The quantitative estimate of drug-likeness (QED) is 0.625. The third kappa shape index (κ3) is 3.80. The summed E-state index contributed by atoms with van der Waals surface area (Å²) in [5, 5.41) is 13.7. The highest BCUT2D eigenvalue weighted by molar-refractivity contribution is 5.48. The lowest BCUT2D eigenvalue weighted by Gasteiger charge is -2.13. The monoisotopic (exact) mass is 271 g/mol. The Labute approximate surface area is 117 Å². The summed E-state index contributed by atoms with van der Waals surface area (Å²) >= 11 is 0. The first-order valence-corrected chi connectivity index (χ1v) is 6.45. The molecule has 1 atom stereocenters. The number of nitro benzene ring substituents is 1. The van der Waals surface area contributed by atoms with Gasteiger partial charge in [-0.3, -0.25) is 10.1 Å². The van der Waals surface area contributed by atoms with Crippen LogP contribution >= 0.6 is 0 Å². The molecule has 1 unspecified atom stereocenters. The van der Waals surface area contributed by atoms with Crippen molar-refractivity contribution in [3.8, 4) is 0 Å². The number of rotatable bonds is 6. The first-order chi connectivity index (χ1) is 9.66. The van der Waals surface area contributed by atoms with Crippen LogP contribution in [-0.2, 0) is 0 Å². The predicted octanol–water partition coefficient (Wildman–Crippen LogP) is 3.10. The molecule has 0 amide bonds. The lowest BCUT2D eigenvalue weighted by atomic mass is 10.1. The summed E-state index contributed by atoms with van der Waals surface area (Å²) in [6.45, 7) is 0.716. The standard InChI is InChI=1S/C15H17N3O2/c16-15(12-4-2-1-3-5-12)10-11-17-13-6-8-14(9-7-13)18(19)20/h1-9,15,17H,10-11,16H2. The summed E-state index contributed by atoms with van der Waals surface area (Å²) in [5.74, 6) is 0. The molecule has 5 heteroatoms. The highest BCUT2D eigenvalue weighted by atomic mass is 16.6. The van der Waals surface area contributed by atoms with Gasteiger partial charge in [0.05, 0.1) is 4.92 Å². The van der Waals surface area contributed by atoms with Gasteiger partial charge in [-0.05, 0) is 24.1 Å². The lowest BCUT2D eigenvalue weighted by Crippen LogP contribution is -2.15. The van der Waals surface area contributed by atoms with Crippen LogP contribution in [0.15, 0.2) is 54.6 Å². The van der Waals surface area contributed by atoms with Gasteiger partial charge in [-0.15, -0.1) is 0 Å². The van der Waals surface area contributed by atoms with Crippen LogP contribution in [0.2, 0.25) is 0 Å². The van der Waals surface area contributed by atoms with Crippen molar-refractivity contribution in [3.05, 3.63) is 70.3 Å². The fourth-order valence-electron chi connectivity index (χ4n) is 1.94. The van der Waals surface area contributed by atoms with Crippen LogP contribution in [0.3, 0.4) is 0 Å². The Morgan fingerprint density at radius 3 is 2.35 bits per heavy atom. The van der Waals surface area contributed by atoms with Crippen molar-refractivity contribution in [2.75, 3.05) is 11.9 Å². The maximum Gasteiger partial charge on any atom is 0.269 e. The molecule has 0 saturated carbocycles. The number of hydrogen-bond acceptors (Lipinski definition) is 4. The van der Waals surface area contributed by atoms with Gasteiger partial charge in [-0.1, -0.05) is 30.3 Å². The molecule has 2 rings (SSSR count). The van der Waals surface area contributed by atoms with Crippen LogP contribution in [0.25, 0.3) is 0 Å². The number of nitrogens with two attached hydrogens (primary N) is 1. The van der Waals surface area contributed by atoms with Crippen LogP contribution in [-0.4, -0.2) is 11.5 Å². The van der Waals surface area contributed by atoms with E-state index in [4.69, 9.17) is 5.73 Å². The SMILES string of the molecule is NC(CCNc1ccc([N+](=O)[O-])cc1)c1ccccc1. The second kappa shape index (κ2) is 6.68. The van der Waals surface area contributed by atoms with Gasteiger partial charge in [0.2, 0.25) is 0 Å². The zero-order valence-electron chi connectivity index (χ0n) is 11.0. The molecule has 0 spiro atoms. The average molecular weight is 271 g/mol. The van der Waals surface area contributed by atoms with Gasteiger partial charge in [-0.2, -0.15) is 0 Å². The van der Waals surface area contributed by atoms with E-state index in [1.807, 2.05) is 30.3 Å². The summed E-state index contributed by atoms with van der Waals surface area (Å²) in [5.41, 5.74) is 8.15. The summed E-state index contributed by atoms with van der Waals surface area (Å²) < 4.78 is 0. The number of nitrogens with one attached hydrogen (secondary N) is 1. The fraction of sp³-hybridized carbons (Fsp3) is 0.200. The minimum atomic E-state index is -0.408. The number of nitrogens with zero attached hydrogens (tertiary/aromatic N) is 1. The molecule has 0 radical (unpaired) electrons. The topological polar surface area (TPSA) is 81.2 Å². The maximum absolute atomic E-state index is 10.5. The van der Waals surface area contributed by atoms with Crippen molar-refractivity contribution in [3.63, 3.8) is 0 Å². The second-order valence-corrected chi connectivity index (χ2v) is 4.54. The summed E-state index contributed by atoms with van der Waals surface area (Å²) in [7, 11) is 0. The smallest absolute Gasteiger partial charge is 0.269 e. The Hall–Kier alpha value is -2.40. The van der Waals surface area contributed by atoms with Crippen LogP contribution in [0, 0.1) is 10.1 Å². The molecule has 104 valence electrons. The zero-order valence-corrected chi connectivity index (χ0v) is 11.0. The summed E-state index contributed by atoms with van der Waals surface area (Å²) in [6, 6.07) is 16.3. The molecule has 0 heterocycles. The third-order valence-electron chi connectivity index (χ3n) is 3.09. The Kier molecular flexibility index (Phi) is 4.68. The van der Waals surface area contributed by atoms with Gasteiger partial charge in [0, 0.05) is 30.4 Å². The van der Waals surface area contributed by atoms with E-state index in [2.05, 4.69) is 5.32 Å². The predicted molar refractivity (Wildman–Crippen MR) is 79.6 cm³/mol. The Balaban J connectivity index is 1.82. The van der Waals surface area contributed by atoms with Crippen molar-refractivity contribution < 1.29 is 4.92 Å². The maximum atomic E-state index is 10.5. The lowest BCUT2D eigenvalue weighted by molar-refractivity contribution is -0.384. The van der Waals surface area contributed by atoms with Gasteiger partial charge < -0.3 is 11.1 Å².